The van der Waals surface area contributed by atoms with Crippen molar-refractivity contribution in [1.82, 2.24) is 9.55 Å². The molecule has 0 fully saturated rings. The highest BCUT2D eigenvalue weighted by molar-refractivity contribution is 6.30. The molecule has 0 saturated heterocycles. The first-order chi connectivity index (χ1) is 11.0. The average Bonchev–Trinajstić information content (AvgIpc) is 2.86. The molecule has 2 heterocycles. The fourth-order valence-corrected chi connectivity index (χ4v) is 3.13. The summed E-state index contributed by atoms with van der Waals surface area (Å²) in [6, 6.07) is 16.0. The van der Waals surface area contributed by atoms with Gasteiger partial charge in [-0.05, 0) is 50.2 Å². The lowest BCUT2D eigenvalue weighted by Crippen LogP contribution is -2.28. The smallest absolute Gasteiger partial charge is 0.143 e. The Balaban J connectivity index is 1.83. The molecule has 2 aromatic carbocycles. The van der Waals surface area contributed by atoms with Crippen LogP contribution in [-0.4, -0.2) is 16.3 Å². The minimum Gasteiger partial charge on any atom is -0.347 e. The van der Waals surface area contributed by atoms with Crippen LogP contribution in [0, 0.1) is 0 Å². The summed E-state index contributed by atoms with van der Waals surface area (Å²) >= 11 is 6.00. The van der Waals surface area contributed by atoms with Crippen molar-refractivity contribution in [2.75, 3.05) is 11.6 Å². The normalized spacial score (nSPS) is 17.1. The number of benzene rings is 2. The molecule has 0 unspecified atom stereocenters. The second-order valence-corrected chi connectivity index (χ2v) is 6.73. The van der Waals surface area contributed by atoms with Crippen molar-refractivity contribution in [3.05, 3.63) is 59.4 Å². The first kappa shape index (κ1) is 14.5. The van der Waals surface area contributed by atoms with Gasteiger partial charge in [0.05, 0.1) is 17.7 Å². The maximum absolute atomic E-state index is 6.15. The molecule has 3 aromatic rings. The predicted molar refractivity (Wildman–Crippen MR) is 92.6 cm³/mol. The van der Waals surface area contributed by atoms with E-state index in [-0.39, 0.29) is 0 Å². The second kappa shape index (κ2) is 5.25. The topological polar surface area (TPSA) is 30.3 Å². The van der Waals surface area contributed by atoms with E-state index in [1.165, 1.54) is 0 Å². The number of ether oxygens (including phenoxy) is 1. The first-order valence-corrected chi connectivity index (χ1v) is 8.03. The lowest BCUT2D eigenvalue weighted by Gasteiger charge is -2.25. The van der Waals surface area contributed by atoms with Crippen molar-refractivity contribution in [2.24, 2.45) is 0 Å². The third-order valence-corrected chi connectivity index (χ3v) is 4.53. The van der Waals surface area contributed by atoms with Crippen molar-refractivity contribution in [3.8, 4) is 0 Å². The van der Waals surface area contributed by atoms with E-state index in [0.29, 0.717) is 13.4 Å². The fraction of sp³-hybridized carbons (Fsp3) is 0.278. The van der Waals surface area contributed by atoms with Gasteiger partial charge in [-0.15, -0.1) is 0 Å². The number of fused-ring (bicyclic) bond motifs is 3. The highest BCUT2D eigenvalue weighted by Gasteiger charge is 2.32. The number of nitrogens with zero attached hydrogens (tertiary/aromatic N) is 3. The van der Waals surface area contributed by atoms with Crippen LogP contribution in [0.1, 0.15) is 19.7 Å². The zero-order chi connectivity index (χ0) is 16.0. The van der Waals surface area contributed by atoms with E-state index in [0.717, 1.165) is 27.6 Å². The Hall–Kier alpha value is -2.04. The van der Waals surface area contributed by atoms with Gasteiger partial charge in [-0.3, -0.25) is 0 Å². The van der Waals surface area contributed by atoms with E-state index in [1.54, 1.807) is 0 Å². The van der Waals surface area contributed by atoms with Crippen LogP contribution in [0.2, 0.25) is 5.02 Å². The van der Waals surface area contributed by atoms with Crippen molar-refractivity contribution >= 4 is 28.3 Å². The van der Waals surface area contributed by atoms with E-state index in [1.807, 2.05) is 42.5 Å². The summed E-state index contributed by atoms with van der Waals surface area (Å²) in [7, 11) is 0. The van der Waals surface area contributed by atoms with Gasteiger partial charge in [0, 0.05) is 10.7 Å². The number of hydrogen-bond donors (Lipinski definition) is 0. The molecule has 4 nitrogen and oxygen atoms in total. The van der Waals surface area contributed by atoms with Crippen molar-refractivity contribution < 1.29 is 4.74 Å². The Labute approximate surface area is 140 Å². The van der Waals surface area contributed by atoms with Crippen LogP contribution in [-0.2, 0) is 17.0 Å². The number of para-hydroxylation sites is 2. The zero-order valence-electron chi connectivity index (χ0n) is 13.2. The quantitative estimate of drug-likeness (QED) is 0.664. The maximum atomic E-state index is 6.15. The van der Waals surface area contributed by atoms with Crippen LogP contribution >= 0.6 is 11.6 Å². The monoisotopic (exact) mass is 327 g/mol. The van der Waals surface area contributed by atoms with Crippen molar-refractivity contribution in [3.63, 3.8) is 0 Å². The van der Waals surface area contributed by atoms with Crippen LogP contribution in [0.4, 0.5) is 5.69 Å². The second-order valence-electron chi connectivity index (χ2n) is 6.29. The van der Waals surface area contributed by atoms with Gasteiger partial charge in [-0.25, -0.2) is 4.98 Å². The SMILES string of the molecule is CC1(C)OCN(c2ccc(Cl)cc2)Cn2c1nc1ccccc12. The molecule has 4 rings (SSSR count). The summed E-state index contributed by atoms with van der Waals surface area (Å²) < 4.78 is 8.39. The molecule has 1 aliphatic rings. The van der Waals surface area contributed by atoms with Crippen LogP contribution in [0.3, 0.4) is 0 Å². The fourth-order valence-electron chi connectivity index (χ4n) is 3.00. The number of anilines is 1. The summed E-state index contributed by atoms with van der Waals surface area (Å²) in [5, 5.41) is 0.735. The van der Waals surface area contributed by atoms with Gasteiger partial charge in [0.1, 0.15) is 18.2 Å². The molecule has 0 N–H and O–H groups in total. The number of halogens is 1. The Morgan fingerprint density at radius 1 is 1.09 bits per heavy atom. The van der Waals surface area contributed by atoms with Crippen molar-refractivity contribution in [2.45, 2.75) is 26.1 Å². The molecule has 0 radical (unpaired) electrons. The summed E-state index contributed by atoms with van der Waals surface area (Å²) in [5.74, 6) is 0.954. The highest BCUT2D eigenvalue weighted by Crippen LogP contribution is 2.32. The van der Waals surface area contributed by atoms with E-state index in [2.05, 4.69) is 29.4 Å². The van der Waals surface area contributed by atoms with E-state index in [4.69, 9.17) is 21.3 Å². The van der Waals surface area contributed by atoms with Gasteiger partial charge in [0.15, 0.2) is 0 Å². The van der Waals surface area contributed by atoms with Crippen molar-refractivity contribution in [1.29, 1.82) is 0 Å². The Kier molecular flexibility index (Phi) is 3.32. The van der Waals surface area contributed by atoms with Gasteiger partial charge in [0.2, 0.25) is 0 Å². The molecule has 0 atom stereocenters. The minimum absolute atomic E-state index is 0.444. The molecule has 5 heteroatoms. The van der Waals surface area contributed by atoms with E-state index >= 15 is 0 Å². The largest absolute Gasteiger partial charge is 0.347 e. The molecule has 0 aliphatic carbocycles. The third-order valence-electron chi connectivity index (χ3n) is 4.28. The first-order valence-electron chi connectivity index (χ1n) is 7.65. The zero-order valence-corrected chi connectivity index (χ0v) is 13.9. The lowest BCUT2D eigenvalue weighted by atomic mass is 10.1. The van der Waals surface area contributed by atoms with Gasteiger partial charge >= 0.3 is 0 Å². The Morgan fingerprint density at radius 2 is 1.83 bits per heavy atom. The van der Waals surface area contributed by atoms with Crippen LogP contribution < -0.4 is 4.90 Å². The van der Waals surface area contributed by atoms with Gasteiger partial charge < -0.3 is 14.2 Å². The lowest BCUT2D eigenvalue weighted by molar-refractivity contribution is -0.0211. The Morgan fingerprint density at radius 3 is 2.61 bits per heavy atom. The molecule has 0 spiro atoms. The number of rotatable bonds is 1. The van der Waals surface area contributed by atoms with Gasteiger partial charge in [-0.1, -0.05) is 23.7 Å². The molecular formula is C18H18ClN3O. The molecule has 0 amide bonds. The molecule has 1 aromatic heterocycles. The maximum Gasteiger partial charge on any atom is 0.143 e. The summed E-state index contributed by atoms with van der Waals surface area (Å²) in [6.45, 7) is 5.33. The van der Waals surface area contributed by atoms with E-state index < -0.39 is 5.60 Å². The van der Waals surface area contributed by atoms with Gasteiger partial charge in [0.25, 0.3) is 0 Å². The Bertz CT molecular complexity index is 854. The molecule has 118 valence electrons. The minimum atomic E-state index is -0.444. The molecular weight excluding hydrogens is 310 g/mol. The number of hydrogen-bond acceptors (Lipinski definition) is 3. The molecule has 0 saturated carbocycles. The number of aromatic nitrogens is 2. The summed E-state index contributed by atoms with van der Waals surface area (Å²) in [6.07, 6.45) is 0. The summed E-state index contributed by atoms with van der Waals surface area (Å²) in [5.41, 5.74) is 2.76. The van der Waals surface area contributed by atoms with Crippen LogP contribution in [0.15, 0.2) is 48.5 Å². The highest BCUT2D eigenvalue weighted by atomic mass is 35.5. The van der Waals surface area contributed by atoms with Crippen LogP contribution in [0.5, 0.6) is 0 Å². The third kappa shape index (κ3) is 2.48. The van der Waals surface area contributed by atoms with Gasteiger partial charge in [-0.2, -0.15) is 0 Å². The average molecular weight is 328 g/mol. The molecule has 23 heavy (non-hydrogen) atoms. The number of imidazole rings is 1. The molecule has 0 bridgehead atoms. The predicted octanol–water partition coefficient (Wildman–Crippen LogP) is 4.38. The molecule has 1 aliphatic heterocycles. The van der Waals surface area contributed by atoms with E-state index in [9.17, 15) is 0 Å². The van der Waals surface area contributed by atoms with Crippen LogP contribution in [0.25, 0.3) is 11.0 Å². The standard InChI is InChI=1S/C18H18ClN3O/c1-18(2)17-20-15-5-3-4-6-16(15)22(17)11-21(12-23-18)14-9-7-13(19)8-10-14/h3-10H,11-12H2,1-2H3. The summed E-state index contributed by atoms with van der Waals surface area (Å²) in [4.78, 5) is 6.98.